The Morgan fingerprint density at radius 1 is 0.348 bits per heavy atom. The second-order valence-corrected chi connectivity index (χ2v) is 14.2. The van der Waals surface area contributed by atoms with Gasteiger partial charge in [0.05, 0.1) is 0 Å². The number of aryl methyl sites for hydroxylation is 7. The quantitative estimate of drug-likeness (QED) is 0.185. The van der Waals surface area contributed by atoms with Gasteiger partial charge in [0.15, 0.2) is 0 Å². The van der Waals surface area contributed by atoms with E-state index < -0.39 is 0 Å². The highest BCUT2D eigenvalue weighted by atomic mass is 20.1. The van der Waals surface area contributed by atoms with Crippen molar-refractivity contribution in [2.24, 2.45) is 0 Å². The first-order valence-electron chi connectivity index (χ1n) is 16.8. The van der Waals surface area contributed by atoms with Crippen molar-refractivity contribution in [3.05, 3.63) is 166 Å². The lowest BCUT2D eigenvalue weighted by Gasteiger charge is -2.21. The lowest BCUT2D eigenvalue weighted by molar-refractivity contribution is 0.464. The molecular formula is C45H52O. The highest BCUT2D eigenvalue weighted by Crippen LogP contribution is 2.34. The normalized spacial score (nSPS) is 11.4. The lowest BCUT2D eigenvalue weighted by atomic mass is 9.84. The molecule has 1 heteroatoms. The molecule has 0 atom stereocenters. The van der Waals surface area contributed by atoms with Crippen molar-refractivity contribution in [2.45, 2.75) is 102 Å². The molecule has 0 aliphatic carbocycles. The van der Waals surface area contributed by atoms with Crippen LogP contribution in [0.25, 0.3) is 0 Å². The van der Waals surface area contributed by atoms with Crippen LogP contribution >= 0.6 is 0 Å². The average Bonchev–Trinajstić information content (AvgIpc) is 3.00. The molecule has 1 nitrogen and oxygen atoms in total. The molecule has 5 aromatic rings. The van der Waals surface area contributed by atoms with E-state index in [0.29, 0.717) is 5.75 Å². The van der Waals surface area contributed by atoms with Gasteiger partial charge in [-0.25, -0.2) is 0 Å². The van der Waals surface area contributed by atoms with Gasteiger partial charge in [0.2, 0.25) is 0 Å². The molecule has 0 bridgehead atoms. The van der Waals surface area contributed by atoms with Crippen molar-refractivity contribution in [2.75, 3.05) is 0 Å². The monoisotopic (exact) mass is 612 g/mol. The number of benzene rings is 5. The van der Waals surface area contributed by atoms with Crippen LogP contribution in [0.4, 0.5) is 0 Å². The SMILES string of the molecule is Cc1ccc(C)c(Cc2c(C)c(C)cc(Cc3cc(C)cc(Cc4cc(C)c([20OH])c(Cc5cc(C)ccc5C)c4C)c3C)c2C)c1. The minimum Gasteiger partial charge on any atom is -0.507 e. The molecule has 0 aromatic heterocycles. The molecule has 0 heterocycles. The molecular weight excluding hydrogens is 560 g/mol. The molecule has 0 amide bonds. The van der Waals surface area contributed by atoms with Gasteiger partial charge in [-0.2, -0.15) is 0 Å². The second-order valence-electron chi connectivity index (χ2n) is 14.2. The Morgan fingerprint density at radius 3 is 1.28 bits per heavy atom. The molecule has 0 aliphatic rings. The first-order valence-corrected chi connectivity index (χ1v) is 16.8. The Balaban J connectivity index is 1.50. The van der Waals surface area contributed by atoms with Crippen molar-refractivity contribution < 1.29 is 5.11 Å². The number of hydrogen-bond donors (Lipinski definition) is 1. The zero-order chi connectivity index (χ0) is 33.4. The van der Waals surface area contributed by atoms with Crippen LogP contribution in [0.1, 0.15) is 106 Å². The summed E-state index contributed by atoms with van der Waals surface area (Å²) < 4.78 is 0. The molecule has 238 valence electrons. The van der Waals surface area contributed by atoms with E-state index in [1.807, 2.05) is 6.92 Å². The summed E-state index contributed by atoms with van der Waals surface area (Å²) in [6, 6.07) is 22.8. The molecule has 0 saturated carbocycles. The molecule has 0 saturated heterocycles. The lowest BCUT2D eigenvalue weighted by Crippen LogP contribution is -2.07. The summed E-state index contributed by atoms with van der Waals surface area (Å²) >= 11 is 0. The Bertz CT molecular complexity index is 1810. The van der Waals surface area contributed by atoms with E-state index in [2.05, 4.69) is 130 Å². The fraction of sp³-hybridized carbons (Fsp3) is 0.333. The van der Waals surface area contributed by atoms with Crippen molar-refractivity contribution in [1.82, 2.24) is 0 Å². The number of hydrogen-bond acceptors (Lipinski definition) is 1. The predicted octanol–water partition coefficient (Wildman–Crippen LogP) is 11.1. The van der Waals surface area contributed by atoms with Gasteiger partial charge < -0.3 is 5.11 Å². The van der Waals surface area contributed by atoms with Crippen LogP contribution in [0, 0.1) is 76.2 Å². The van der Waals surface area contributed by atoms with E-state index in [9.17, 15) is 5.11 Å². The number of aromatic hydroxyl groups is 1. The highest BCUT2D eigenvalue weighted by Gasteiger charge is 2.18. The molecule has 5 aromatic carbocycles. The van der Waals surface area contributed by atoms with Gasteiger partial charge >= 0.3 is 0 Å². The van der Waals surface area contributed by atoms with Crippen LogP contribution in [-0.4, -0.2) is 5.11 Å². The van der Waals surface area contributed by atoms with E-state index >= 15 is 0 Å². The molecule has 0 spiro atoms. The molecule has 1 N–H and O–H groups in total. The Morgan fingerprint density at radius 2 is 0.761 bits per heavy atom. The summed E-state index contributed by atoms with van der Waals surface area (Å²) in [5.74, 6) is 0.436. The molecule has 0 fully saturated rings. The Labute approximate surface area is 278 Å². The third-order valence-electron chi connectivity index (χ3n) is 10.6. The summed E-state index contributed by atoms with van der Waals surface area (Å²) in [6.45, 7) is 24.4. The zero-order valence-electron chi connectivity index (χ0n) is 30.0. The first-order chi connectivity index (χ1) is 21.7. The topological polar surface area (TPSA) is 20.2 Å². The van der Waals surface area contributed by atoms with Crippen LogP contribution in [0.2, 0.25) is 0 Å². The van der Waals surface area contributed by atoms with Crippen molar-refractivity contribution in [3.8, 4) is 5.75 Å². The van der Waals surface area contributed by atoms with Gasteiger partial charge in [-0.3, -0.25) is 0 Å². The minimum atomic E-state index is 0.436. The second kappa shape index (κ2) is 13.3. The van der Waals surface area contributed by atoms with Crippen molar-refractivity contribution in [3.63, 3.8) is 0 Å². The van der Waals surface area contributed by atoms with Crippen LogP contribution < -0.4 is 0 Å². The van der Waals surface area contributed by atoms with E-state index in [4.69, 9.17) is 0 Å². The molecule has 0 radical (unpaired) electrons. The fourth-order valence-corrected chi connectivity index (χ4v) is 7.24. The maximum atomic E-state index is 11.2. The summed E-state index contributed by atoms with van der Waals surface area (Å²) in [5, 5.41) is 11.2. The third-order valence-corrected chi connectivity index (χ3v) is 10.6. The van der Waals surface area contributed by atoms with Gasteiger partial charge in [-0.1, -0.05) is 77.4 Å². The van der Waals surface area contributed by atoms with E-state index in [0.717, 1.165) is 36.8 Å². The average molecular weight is 613 g/mol. The standard InChI is InChI=1S/C45H52O/c1-26-12-14-29(4)37(16-26)24-43-33(8)31(6)20-41(35(43)10)22-39-18-28(3)19-40(34(39)9)23-42-21-32(7)45(46)44(36(42)11)25-38-17-27(2)13-15-30(38)5/h12-21,46H,22-25H2,1-11H3/i46+4. The van der Waals surface area contributed by atoms with Gasteiger partial charge in [0.1, 0.15) is 5.75 Å². The maximum absolute atomic E-state index is 11.2. The highest BCUT2D eigenvalue weighted by molar-refractivity contribution is 5.55. The van der Waals surface area contributed by atoms with Crippen LogP contribution in [0.3, 0.4) is 0 Å². The van der Waals surface area contributed by atoms with E-state index in [1.165, 1.54) is 94.6 Å². The zero-order valence-corrected chi connectivity index (χ0v) is 30.0. The van der Waals surface area contributed by atoms with Crippen molar-refractivity contribution >= 4 is 0 Å². The fourth-order valence-electron chi connectivity index (χ4n) is 7.24. The predicted molar refractivity (Wildman–Crippen MR) is 197 cm³/mol. The van der Waals surface area contributed by atoms with Crippen molar-refractivity contribution in [1.29, 1.82) is 0 Å². The van der Waals surface area contributed by atoms with Crippen LogP contribution in [-0.2, 0) is 25.7 Å². The van der Waals surface area contributed by atoms with Crippen LogP contribution in [0.15, 0.2) is 60.7 Å². The maximum Gasteiger partial charge on any atom is 0.122 e. The summed E-state index contributed by atoms with van der Waals surface area (Å²) in [5.41, 5.74) is 25.0. The minimum absolute atomic E-state index is 0.436. The van der Waals surface area contributed by atoms with Gasteiger partial charge in [-0.05, 0) is 179 Å². The van der Waals surface area contributed by atoms with Gasteiger partial charge in [-0.15, -0.1) is 0 Å². The largest absolute Gasteiger partial charge is 0.507 e. The third kappa shape index (κ3) is 6.85. The van der Waals surface area contributed by atoms with E-state index in [-0.39, 0.29) is 0 Å². The summed E-state index contributed by atoms with van der Waals surface area (Å²) in [7, 11) is 0. The van der Waals surface area contributed by atoms with Gasteiger partial charge in [0.25, 0.3) is 0 Å². The first kappa shape index (κ1) is 33.3. The molecule has 0 unspecified atom stereocenters. The Kier molecular flexibility index (Phi) is 9.64. The smallest absolute Gasteiger partial charge is 0.122 e. The molecule has 5 rings (SSSR count). The molecule has 0 aliphatic heterocycles. The number of phenolic OH excluding ortho intramolecular Hbond substituents is 1. The molecule has 46 heavy (non-hydrogen) atoms. The summed E-state index contributed by atoms with van der Waals surface area (Å²) in [6.07, 6.45) is 3.51. The number of rotatable bonds is 8. The van der Waals surface area contributed by atoms with Crippen LogP contribution in [0.5, 0.6) is 5.75 Å². The summed E-state index contributed by atoms with van der Waals surface area (Å²) in [4.78, 5) is 0. The Hall–Kier alpha value is -4.10. The van der Waals surface area contributed by atoms with E-state index in [1.54, 1.807) is 0 Å². The number of phenols is 1. The van der Waals surface area contributed by atoms with Gasteiger partial charge in [0, 0.05) is 12.0 Å².